The van der Waals surface area contributed by atoms with Gasteiger partial charge in [-0.05, 0) is 40.9 Å². The van der Waals surface area contributed by atoms with Crippen molar-refractivity contribution in [2.45, 2.75) is 0 Å². The monoisotopic (exact) mass is 322 g/mol. The lowest BCUT2D eigenvalue weighted by Gasteiger charge is -1.93. The molecule has 100 valence electrons. The molecule has 0 amide bonds. The summed E-state index contributed by atoms with van der Waals surface area (Å²) in [4.78, 5) is 21.5. The van der Waals surface area contributed by atoms with Crippen molar-refractivity contribution in [1.82, 2.24) is 29.9 Å². The topological polar surface area (TPSA) is 129 Å². The predicted molar refractivity (Wildman–Crippen MR) is 73.6 cm³/mol. The Kier molecular flexibility index (Phi) is 4.51. The smallest absolute Gasteiger partial charge is 0.228 e. The van der Waals surface area contributed by atoms with Crippen LogP contribution >= 0.6 is 34.8 Å². The van der Waals surface area contributed by atoms with Gasteiger partial charge in [-0.1, -0.05) is 6.58 Å². The van der Waals surface area contributed by atoms with Crippen LogP contribution in [-0.2, 0) is 0 Å². The highest BCUT2D eigenvalue weighted by Crippen LogP contribution is 2.06. The fourth-order valence-corrected chi connectivity index (χ4v) is 1.31. The normalized spacial score (nSPS) is 10.5. The fraction of sp³-hybridized carbons (Fsp3) is 0. The van der Waals surface area contributed by atoms with Gasteiger partial charge in [0.05, 0.1) is 0 Å². The molecule has 0 aliphatic carbocycles. The molecule has 0 fully saturated rings. The Morgan fingerprint density at radius 2 is 1.32 bits per heavy atom. The molecule has 4 N–H and O–H groups in total. The van der Waals surface area contributed by atoms with Crippen LogP contribution in [0.25, 0.3) is 6.08 Å². The number of hydrogen-bond acceptors (Lipinski definition) is 8. The summed E-state index contributed by atoms with van der Waals surface area (Å²) in [5.41, 5.74) is 3.93. The van der Waals surface area contributed by atoms with Gasteiger partial charge in [0, 0.05) is 0 Å². The summed E-state index contributed by atoms with van der Waals surface area (Å²) in [5.74, 6) is 0.490. The summed E-state index contributed by atoms with van der Waals surface area (Å²) >= 11 is 16.2. The lowest BCUT2D eigenvalue weighted by molar-refractivity contribution is 1.04. The van der Waals surface area contributed by atoms with Crippen molar-refractivity contribution in [3.63, 3.8) is 0 Å². The highest BCUT2D eigenvalue weighted by Gasteiger charge is 1.97. The summed E-state index contributed by atoms with van der Waals surface area (Å²) in [7, 11) is 0. The van der Waals surface area contributed by atoms with E-state index in [1.807, 2.05) is 11.5 Å². The second-order valence-electron chi connectivity index (χ2n) is 2.69. The van der Waals surface area contributed by atoms with Crippen molar-refractivity contribution in [2.75, 3.05) is 11.5 Å². The van der Waals surface area contributed by atoms with E-state index in [2.05, 4.69) is 36.5 Å². The van der Waals surface area contributed by atoms with Crippen LogP contribution in [0.4, 0.5) is 11.9 Å². The molecule has 2 aromatic heterocycles. The van der Waals surface area contributed by atoms with Crippen molar-refractivity contribution in [3.05, 3.63) is 28.3 Å². The summed E-state index contributed by atoms with van der Waals surface area (Å²) < 4.78 is 13.3. The van der Waals surface area contributed by atoms with Gasteiger partial charge < -0.3 is 11.5 Å². The van der Waals surface area contributed by atoms with Crippen molar-refractivity contribution < 1.29 is 2.82 Å². The predicted octanol–water partition coefficient (Wildman–Crippen LogP) is 1.51. The summed E-state index contributed by atoms with van der Waals surface area (Å²) in [5, 5.41) is -0.0193. The number of anilines is 2. The van der Waals surface area contributed by atoms with E-state index in [1.54, 1.807) is 0 Å². The zero-order chi connectivity index (χ0) is 15.8. The lowest BCUT2D eigenvalue weighted by Crippen LogP contribution is -1.99. The molecule has 0 aliphatic heterocycles. The van der Waals surface area contributed by atoms with E-state index in [1.165, 1.54) is 6.08 Å². The van der Waals surface area contributed by atoms with Crippen LogP contribution in [0.3, 0.4) is 0 Å². The summed E-state index contributed by atoms with van der Waals surface area (Å²) in [6, 6.07) is 0. The zero-order valence-corrected chi connectivity index (χ0v) is 11.4. The molecule has 0 radical (unpaired) electrons. The molecule has 0 aromatic carbocycles. The van der Waals surface area contributed by atoms with Crippen LogP contribution in [0.15, 0.2) is 6.58 Å². The van der Waals surface area contributed by atoms with Crippen LogP contribution in [0.1, 0.15) is 5.82 Å². The van der Waals surface area contributed by atoms with E-state index < -0.39 is 0 Å². The van der Waals surface area contributed by atoms with Gasteiger partial charge in [0.2, 0.25) is 27.7 Å². The maximum Gasteiger partial charge on any atom is 0.228 e. The first-order chi connectivity index (χ1) is 9.98. The molecule has 11 heteroatoms. The molecule has 2 rings (SSSR count). The van der Waals surface area contributed by atoms with Crippen molar-refractivity contribution in [1.29, 1.82) is 0 Å². The average Bonchev–Trinajstić information content (AvgIpc) is 2.46. The van der Waals surface area contributed by atoms with Crippen LogP contribution in [0.2, 0.25) is 18.7 Å². The first-order valence-corrected chi connectivity index (χ1v) is 5.58. The van der Waals surface area contributed by atoms with Crippen LogP contribution < -0.4 is 11.5 Å². The molecule has 2 aromatic rings. The van der Waals surface area contributed by atoms with Crippen molar-refractivity contribution in [3.8, 4) is 0 Å². The molecule has 8 nitrogen and oxygen atoms in total. The Morgan fingerprint density at radius 1 is 0.842 bits per heavy atom. The molecular weight excluding hydrogens is 315 g/mol. The Labute approximate surface area is 125 Å². The number of nitrogen functional groups attached to an aromatic ring is 2. The molecule has 0 saturated carbocycles. The minimum Gasteiger partial charge on any atom is -0.368 e. The molecule has 2 heterocycles. The second-order valence-corrected chi connectivity index (χ2v) is 3.70. The van der Waals surface area contributed by atoms with Crippen molar-refractivity contribution in [2.24, 2.45) is 0 Å². The SMILES string of the molecule is [2H]Nc1nc(Cl)nc(C=C)n1.[2H]Nc1nc(Cl)nc(Cl)n1. The van der Waals surface area contributed by atoms with Gasteiger partial charge in [-0.25, -0.2) is 0 Å². The number of nitrogens with two attached hydrogens (primary N) is 2. The van der Waals surface area contributed by atoms with E-state index in [0.29, 0.717) is 5.82 Å². The number of hydrogen-bond donors (Lipinski definition) is 2. The van der Waals surface area contributed by atoms with Crippen molar-refractivity contribution >= 4 is 52.8 Å². The van der Waals surface area contributed by atoms with Crippen LogP contribution in [0.5, 0.6) is 0 Å². The minimum atomic E-state index is -0.0326. The van der Waals surface area contributed by atoms with Gasteiger partial charge in [0.1, 0.15) is 0 Å². The Morgan fingerprint density at radius 3 is 1.79 bits per heavy atom. The van der Waals surface area contributed by atoms with Crippen LogP contribution in [0, 0.1) is 0 Å². The van der Waals surface area contributed by atoms with E-state index in [4.69, 9.17) is 37.6 Å². The standard InChI is InChI=1S/C5H5ClN4.C3H2Cl2N4/c1-2-3-8-4(6)10-5(7)9-3;4-1-7-2(5)9-3(6)8-1/h2H,1H2,(H2,7,8,9,10);(H2,6,7,8,9)/i/hD2. The fourth-order valence-electron chi connectivity index (χ4n) is 0.783. The van der Waals surface area contributed by atoms with E-state index >= 15 is 0 Å². The van der Waals surface area contributed by atoms with Gasteiger partial charge in [-0.3, -0.25) is 0 Å². The van der Waals surface area contributed by atoms with E-state index in [0.717, 1.165) is 0 Å². The maximum absolute atomic E-state index is 6.72. The maximum atomic E-state index is 6.72. The summed E-state index contributed by atoms with van der Waals surface area (Å²) in [6.07, 6.45) is 1.42. The number of aromatic nitrogens is 6. The Balaban J connectivity index is 0.000000211. The Hall–Kier alpha value is -1.77. The van der Waals surface area contributed by atoms with Crippen LogP contribution in [-0.4, -0.2) is 29.9 Å². The number of halogens is 3. The lowest BCUT2D eigenvalue weighted by atomic mass is 10.6. The third-order valence-corrected chi connectivity index (χ3v) is 1.90. The first-order valence-electron chi connectivity index (χ1n) is 5.45. The molecule has 0 spiro atoms. The highest BCUT2D eigenvalue weighted by atomic mass is 35.5. The Bertz CT molecular complexity index is 608. The van der Waals surface area contributed by atoms with Gasteiger partial charge in [0.25, 0.3) is 0 Å². The quantitative estimate of drug-likeness (QED) is 0.869. The molecular formula is C8H7Cl3N8. The third kappa shape index (κ3) is 5.60. The van der Waals surface area contributed by atoms with Gasteiger partial charge in [-0.2, -0.15) is 29.9 Å². The highest BCUT2D eigenvalue weighted by molar-refractivity contribution is 6.31. The summed E-state index contributed by atoms with van der Waals surface area (Å²) in [6.45, 7) is 3.45. The molecule has 0 atom stereocenters. The molecule has 0 saturated heterocycles. The van der Waals surface area contributed by atoms with E-state index in [9.17, 15) is 0 Å². The minimum absolute atomic E-state index is 0.0324. The third-order valence-electron chi connectivity index (χ3n) is 1.39. The van der Waals surface area contributed by atoms with Gasteiger partial charge in [-0.15, -0.1) is 0 Å². The molecule has 0 aliphatic rings. The van der Waals surface area contributed by atoms with E-state index in [-0.39, 0.29) is 27.7 Å². The number of nitrogens with zero attached hydrogens (tertiary/aromatic N) is 6. The second kappa shape index (κ2) is 6.98. The van der Waals surface area contributed by atoms with Gasteiger partial charge in [0.15, 0.2) is 8.65 Å². The first kappa shape index (κ1) is 12.3. The average molecular weight is 324 g/mol. The molecule has 19 heavy (non-hydrogen) atoms. The molecule has 0 unspecified atom stereocenters. The zero-order valence-electron chi connectivity index (χ0n) is 11.1. The van der Waals surface area contributed by atoms with Gasteiger partial charge >= 0.3 is 0 Å². The molecule has 0 bridgehead atoms. The largest absolute Gasteiger partial charge is 0.368 e. The number of rotatable bonds is 3.